The van der Waals surface area contributed by atoms with Gasteiger partial charge in [0.2, 0.25) is 0 Å². The van der Waals surface area contributed by atoms with Crippen molar-refractivity contribution in [1.82, 2.24) is 0 Å². The van der Waals surface area contributed by atoms with E-state index in [0.717, 1.165) is 0 Å². The van der Waals surface area contributed by atoms with E-state index in [1.165, 1.54) is 14.0 Å². The molecule has 0 saturated heterocycles. The molecular formula is C4H7O4P. The van der Waals surface area contributed by atoms with Gasteiger partial charge in [0, 0.05) is 0 Å². The molecule has 0 aliphatic carbocycles. The molecule has 0 saturated carbocycles. The molecule has 0 aromatic heterocycles. The highest BCUT2D eigenvalue weighted by Gasteiger charge is 2.05. The summed E-state index contributed by atoms with van der Waals surface area (Å²) in [6, 6.07) is 0. The van der Waals surface area contributed by atoms with Crippen molar-refractivity contribution in [2.24, 2.45) is 0 Å². The normalized spacial score (nSPS) is 10.0. The predicted molar refractivity (Wildman–Crippen MR) is 32.5 cm³/mol. The first-order chi connectivity index (χ1) is 4.16. The maximum atomic E-state index is 10.3. The van der Waals surface area contributed by atoms with Crippen molar-refractivity contribution in [3.63, 3.8) is 0 Å². The van der Waals surface area contributed by atoms with Crippen LogP contribution in [-0.4, -0.2) is 18.3 Å². The number of hydrogen-bond donors (Lipinski definition) is 0. The summed E-state index contributed by atoms with van der Waals surface area (Å²) in [5, 5.41) is 0. The molecule has 52 valence electrons. The highest BCUT2D eigenvalue weighted by molar-refractivity contribution is 7.73. The fourth-order valence-electron chi connectivity index (χ4n) is 0.240. The first kappa shape index (κ1) is 8.53. The average Bonchev–Trinajstić information content (AvgIpc) is 1.63. The number of hydrogen-bond acceptors (Lipinski definition) is 4. The van der Waals surface area contributed by atoms with Gasteiger partial charge in [-0.2, -0.15) is 4.89 Å². The second-order valence-electron chi connectivity index (χ2n) is 1.22. The Morgan fingerprint density at radius 2 is 2.00 bits per heavy atom. The largest absolute Gasteiger partial charge is 0.365 e. The minimum absolute atomic E-state index is 0.211. The van der Waals surface area contributed by atoms with E-state index in [-0.39, 0.29) is 5.52 Å². The summed E-state index contributed by atoms with van der Waals surface area (Å²) in [6.07, 6.45) is 0. The predicted octanol–water partition coefficient (Wildman–Crippen LogP) is 0.909. The molecule has 0 radical (unpaired) electrons. The zero-order valence-corrected chi connectivity index (χ0v) is 6.13. The van der Waals surface area contributed by atoms with Gasteiger partial charge in [-0.15, -0.1) is 0 Å². The van der Waals surface area contributed by atoms with E-state index in [0.29, 0.717) is 0 Å². The first-order valence-electron chi connectivity index (χ1n) is 2.19. The molecule has 0 aliphatic heterocycles. The van der Waals surface area contributed by atoms with E-state index < -0.39 is 14.3 Å². The summed E-state index contributed by atoms with van der Waals surface area (Å²) in [5.74, 6) is 0. The smallest absolute Gasteiger partial charge is 0.295 e. The lowest BCUT2D eigenvalue weighted by atomic mass is 10.9. The number of carbonyl (C=O) groups is 2. The van der Waals surface area contributed by atoms with Crippen LogP contribution in [0.25, 0.3) is 0 Å². The van der Waals surface area contributed by atoms with Crippen LogP contribution >= 0.6 is 8.58 Å². The monoisotopic (exact) mass is 150 g/mol. The molecule has 0 N–H and O–H groups in total. The van der Waals surface area contributed by atoms with Crippen LogP contribution in [0.4, 0.5) is 4.79 Å². The number of rotatable bonds is 3. The molecule has 1 atom stereocenters. The summed E-state index contributed by atoms with van der Waals surface area (Å²) >= 11 is 0. The molecule has 0 aliphatic rings. The van der Waals surface area contributed by atoms with E-state index >= 15 is 0 Å². The first-order valence-corrected chi connectivity index (χ1v) is 3.19. The van der Waals surface area contributed by atoms with Crippen LogP contribution in [-0.2, 0) is 14.6 Å². The van der Waals surface area contributed by atoms with Crippen molar-refractivity contribution in [3.05, 3.63) is 0 Å². The lowest BCUT2D eigenvalue weighted by Crippen LogP contribution is -1.95. The highest BCUT2D eigenvalue weighted by atomic mass is 31.1. The Kier molecular flexibility index (Phi) is 4.18. The summed E-state index contributed by atoms with van der Waals surface area (Å²) in [4.78, 5) is 28.5. The Labute approximate surface area is 54.2 Å². The van der Waals surface area contributed by atoms with Crippen LogP contribution in [0.5, 0.6) is 0 Å². The van der Waals surface area contributed by atoms with E-state index in [9.17, 15) is 9.59 Å². The van der Waals surface area contributed by atoms with Crippen molar-refractivity contribution in [3.8, 4) is 0 Å². The Hall–Kier alpha value is -0.470. The number of carbonyl (C=O) groups excluding carboxylic acids is 2. The molecule has 0 amide bonds. The maximum Gasteiger partial charge on any atom is 0.365 e. The molecule has 0 bridgehead atoms. The minimum atomic E-state index is -0.634. The zero-order chi connectivity index (χ0) is 7.28. The quantitative estimate of drug-likeness (QED) is 0.341. The van der Waals surface area contributed by atoms with Crippen LogP contribution < -0.4 is 0 Å². The van der Waals surface area contributed by atoms with Crippen LogP contribution in [0.1, 0.15) is 6.92 Å². The molecule has 0 aromatic carbocycles. The summed E-state index contributed by atoms with van der Waals surface area (Å²) in [5.41, 5.74) is -0.845. The van der Waals surface area contributed by atoms with E-state index in [1.54, 1.807) is 0 Å². The molecule has 0 heterocycles. The third-order valence-electron chi connectivity index (χ3n) is 0.437. The van der Waals surface area contributed by atoms with Gasteiger partial charge in [-0.1, -0.05) is 0 Å². The van der Waals surface area contributed by atoms with Gasteiger partial charge in [-0.3, -0.25) is 9.68 Å². The Bertz CT molecular complexity index is 122. The Morgan fingerprint density at radius 3 is 2.33 bits per heavy atom. The van der Waals surface area contributed by atoms with Crippen molar-refractivity contribution in [2.45, 2.75) is 6.92 Å². The van der Waals surface area contributed by atoms with Gasteiger partial charge in [0.05, 0.1) is 15.7 Å². The van der Waals surface area contributed by atoms with E-state index in [1.807, 2.05) is 0 Å². The highest BCUT2D eigenvalue weighted by Crippen LogP contribution is 2.13. The standard InChI is InChI=1S/C4H7O4P/c1-3(5)9-4(6)8-7-2/h9H,1-2H3. The molecule has 0 aromatic rings. The topological polar surface area (TPSA) is 52.6 Å². The molecule has 5 heteroatoms. The van der Waals surface area contributed by atoms with Crippen molar-refractivity contribution in [1.29, 1.82) is 0 Å². The van der Waals surface area contributed by atoms with E-state index in [2.05, 4.69) is 9.78 Å². The Morgan fingerprint density at radius 1 is 1.44 bits per heavy atom. The van der Waals surface area contributed by atoms with Crippen LogP contribution in [0, 0.1) is 0 Å². The van der Waals surface area contributed by atoms with Crippen LogP contribution in [0.3, 0.4) is 0 Å². The van der Waals surface area contributed by atoms with Crippen molar-refractivity contribution < 1.29 is 19.4 Å². The second-order valence-corrected chi connectivity index (χ2v) is 2.58. The fourth-order valence-corrected chi connectivity index (χ4v) is 0.653. The fraction of sp³-hybridized carbons (Fsp3) is 0.500. The van der Waals surface area contributed by atoms with Gasteiger partial charge in [0.15, 0.2) is 5.52 Å². The summed E-state index contributed by atoms with van der Waals surface area (Å²) in [6.45, 7) is 1.31. The SMILES string of the molecule is COOC(=O)PC(C)=O. The lowest BCUT2D eigenvalue weighted by Gasteiger charge is -1.93. The Balaban J connectivity index is 3.39. The molecule has 1 unspecified atom stereocenters. The molecule has 0 spiro atoms. The average molecular weight is 150 g/mol. The van der Waals surface area contributed by atoms with Crippen LogP contribution in [0.2, 0.25) is 0 Å². The molecule has 9 heavy (non-hydrogen) atoms. The summed E-state index contributed by atoms with van der Waals surface area (Å²) in [7, 11) is 0.755. The molecule has 0 fully saturated rings. The third-order valence-corrected chi connectivity index (χ3v) is 1.08. The second kappa shape index (κ2) is 4.41. The van der Waals surface area contributed by atoms with Crippen LogP contribution in [0.15, 0.2) is 0 Å². The summed E-state index contributed by atoms with van der Waals surface area (Å²) < 4.78 is 0. The van der Waals surface area contributed by atoms with Gasteiger partial charge in [-0.25, -0.2) is 4.79 Å². The van der Waals surface area contributed by atoms with Gasteiger partial charge in [0.1, 0.15) is 0 Å². The maximum absolute atomic E-state index is 10.3. The van der Waals surface area contributed by atoms with Crippen molar-refractivity contribution >= 4 is 19.8 Å². The van der Waals surface area contributed by atoms with Crippen molar-refractivity contribution in [2.75, 3.05) is 7.11 Å². The molecular weight excluding hydrogens is 143 g/mol. The molecule has 0 rings (SSSR count). The van der Waals surface area contributed by atoms with Gasteiger partial charge in [0.25, 0.3) is 0 Å². The van der Waals surface area contributed by atoms with Gasteiger partial charge in [-0.05, 0) is 6.92 Å². The zero-order valence-electron chi connectivity index (χ0n) is 5.13. The molecule has 4 nitrogen and oxygen atoms in total. The van der Waals surface area contributed by atoms with E-state index in [4.69, 9.17) is 0 Å². The lowest BCUT2D eigenvalue weighted by molar-refractivity contribution is -0.203. The van der Waals surface area contributed by atoms with Gasteiger partial charge >= 0.3 is 5.71 Å². The minimum Gasteiger partial charge on any atom is -0.295 e. The third kappa shape index (κ3) is 5.40. The van der Waals surface area contributed by atoms with Gasteiger partial charge < -0.3 is 0 Å².